The van der Waals surface area contributed by atoms with E-state index in [1.807, 2.05) is 0 Å². The molecule has 0 aliphatic carbocycles. The maximum atomic E-state index is 11.9. The third kappa shape index (κ3) is 2.79. The van der Waals surface area contributed by atoms with E-state index in [1.165, 1.54) is 30.6 Å². The molecule has 0 fully saturated rings. The van der Waals surface area contributed by atoms with Gasteiger partial charge in [0.15, 0.2) is 10.8 Å². The highest BCUT2D eigenvalue weighted by molar-refractivity contribution is 7.92. The second-order valence-electron chi connectivity index (χ2n) is 3.38. The molecule has 0 saturated carbocycles. The van der Waals surface area contributed by atoms with E-state index < -0.39 is 10.0 Å². The van der Waals surface area contributed by atoms with E-state index in [9.17, 15) is 8.42 Å². The van der Waals surface area contributed by atoms with Gasteiger partial charge in [0.25, 0.3) is 10.0 Å². The number of pyridine rings is 1. The lowest BCUT2D eigenvalue weighted by molar-refractivity contribution is 0.281. The Balaban J connectivity index is 2.25. The number of hydrogen-bond donors (Lipinski definition) is 2. The standard InChI is InChI=1S/C10H10N4O3S/c15-7-8-3-4-10(11-6-8)18(16,17)14-9-2-1-5-12-13-9/h1-6,15H,7H2,(H,13,14). The van der Waals surface area contributed by atoms with Crippen LogP contribution in [0.5, 0.6) is 0 Å². The lowest BCUT2D eigenvalue weighted by Gasteiger charge is -2.05. The van der Waals surface area contributed by atoms with E-state index in [0.717, 1.165) is 0 Å². The fraction of sp³-hybridized carbons (Fsp3) is 0.100. The first-order valence-corrected chi connectivity index (χ1v) is 6.46. The first kappa shape index (κ1) is 12.4. The highest BCUT2D eigenvalue weighted by Crippen LogP contribution is 2.11. The summed E-state index contributed by atoms with van der Waals surface area (Å²) in [5.74, 6) is 0.116. The minimum absolute atomic E-state index is 0.116. The molecule has 0 amide bonds. The Labute approximate surface area is 104 Å². The van der Waals surface area contributed by atoms with Crippen LogP contribution in [0.3, 0.4) is 0 Å². The van der Waals surface area contributed by atoms with Gasteiger partial charge in [0.05, 0.1) is 6.61 Å². The molecule has 2 aromatic rings. The summed E-state index contributed by atoms with van der Waals surface area (Å²) in [6.45, 7) is -0.190. The van der Waals surface area contributed by atoms with E-state index in [-0.39, 0.29) is 17.5 Å². The molecule has 0 aromatic carbocycles. The topological polar surface area (TPSA) is 105 Å². The van der Waals surface area contributed by atoms with Crippen LogP contribution in [0.15, 0.2) is 41.7 Å². The zero-order chi connectivity index (χ0) is 13.0. The summed E-state index contributed by atoms with van der Waals surface area (Å²) >= 11 is 0. The smallest absolute Gasteiger partial charge is 0.280 e. The quantitative estimate of drug-likeness (QED) is 0.817. The normalized spacial score (nSPS) is 11.2. The van der Waals surface area contributed by atoms with E-state index in [1.54, 1.807) is 6.07 Å². The number of rotatable bonds is 4. The van der Waals surface area contributed by atoms with Gasteiger partial charge in [-0.25, -0.2) is 4.98 Å². The van der Waals surface area contributed by atoms with Crippen LogP contribution in [0.25, 0.3) is 0 Å². The van der Waals surface area contributed by atoms with Crippen molar-refractivity contribution in [2.45, 2.75) is 11.6 Å². The van der Waals surface area contributed by atoms with Gasteiger partial charge < -0.3 is 5.11 Å². The van der Waals surface area contributed by atoms with Gasteiger partial charge >= 0.3 is 0 Å². The van der Waals surface area contributed by atoms with Gasteiger partial charge in [-0.15, -0.1) is 5.10 Å². The van der Waals surface area contributed by atoms with Crippen LogP contribution in [-0.4, -0.2) is 28.7 Å². The largest absolute Gasteiger partial charge is 0.392 e. The number of aliphatic hydroxyl groups excluding tert-OH is 1. The molecule has 18 heavy (non-hydrogen) atoms. The second-order valence-corrected chi connectivity index (χ2v) is 5.01. The van der Waals surface area contributed by atoms with Crippen molar-refractivity contribution in [2.75, 3.05) is 4.72 Å². The third-order valence-electron chi connectivity index (χ3n) is 2.07. The van der Waals surface area contributed by atoms with Gasteiger partial charge in [0.2, 0.25) is 0 Å². The molecule has 0 aliphatic heterocycles. The van der Waals surface area contributed by atoms with Crippen molar-refractivity contribution >= 4 is 15.8 Å². The number of anilines is 1. The number of sulfonamides is 1. The minimum atomic E-state index is -3.78. The van der Waals surface area contributed by atoms with Gasteiger partial charge in [-0.3, -0.25) is 4.72 Å². The summed E-state index contributed by atoms with van der Waals surface area (Å²) in [5, 5.41) is 15.9. The Bertz CT molecular complexity index is 613. The number of nitrogens with zero attached hydrogens (tertiary/aromatic N) is 3. The lowest BCUT2D eigenvalue weighted by Crippen LogP contribution is -2.15. The monoisotopic (exact) mass is 266 g/mol. The van der Waals surface area contributed by atoms with Crippen LogP contribution in [0.4, 0.5) is 5.82 Å². The second kappa shape index (κ2) is 5.07. The highest BCUT2D eigenvalue weighted by atomic mass is 32.2. The summed E-state index contributed by atoms with van der Waals surface area (Å²) in [5.41, 5.74) is 0.536. The molecule has 2 aromatic heterocycles. The van der Waals surface area contributed by atoms with Gasteiger partial charge in [0, 0.05) is 12.4 Å². The molecule has 0 saturated heterocycles. The Morgan fingerprint density at radius 2 is 2.11 bits per heavy atom. The molecule has 0 bridgehead atoms. The Morgan fingerprint density at radius 3 is 2.67 bits per heavy atom. The van der Waals surface area contributed by atoms with Crippen molar-refractivity contribution in [3.8, 4) is 0 Å². The fourth-order valence-electron chi connectivity index (χ4n) is 1.21. The summed E-state index contributed by atoms with van der Waals surface area (Å²) in [4.78, 5) is 3.76. The Morgan fingerprint density at radius 1 is 1.28 bits per heavy atom. The summed E-state index contributed by atoms with van der Waals surface area (Å²) in [6, 6.07) is 5.84. The number of hydrogen-bond acceptors (Lipinski definition) is 6. The summed E-state index contributed by atoms with van der Waals surface area (Å²) in [7, 11) is -3.78. The van der Waals surface area contributed by atoms with Crippen LogP contribution < -0.4 is 4.72 Å². The predicted octanol–water partition coefficient (Wildman–Crippen LogP) is 0.165. The molecule has 0 unspecified atom stereocenters. The van der Waals surface area contributed by atoms with Crippen LogP contribution in [0.2, 0.25) is 0 Å². The Kier molecular flexibility index (Phi) is 3.49. The van der Waals surface area contributed by atoms with E-state index >= 15 is 0 Å². The minimum Gasteiger partial charge on any atom is -0.392 e. The maximum absolute atomic E-state index is 11.9. The maximum Gasteiger partial charge on any atom is 0.280 e. The lowest BCUT2D eigenvalue weighted by atomic mass is 10.3. The van der Waals surface area contributed by atoms with Crippen molar-refractivity contribution in [2.24, 2.45) is 0 Å². The summed E-state index contributed by atoms with van der Waals surface area (Å²) < 4.78 is 26.0. The average molecular weight is 266 g/mol. The van der Waals surface area contributed by atoms with Crippen LogP contribution >= 0.6 is 0 Å². The predicted molar refractivity (Wildman–Crippen MR) is 63.0 cm³/mol. The first-order valence-electron chi connectivity index (χ1n) is 4.98. The van der Waals surface area contributed by atoms with E-state index in [4.69, 9.17) is 5.11 Å². The van der Waals surface area contributed by atoms with Gasteiger partial charge in [0.1, 0.15) is 0 Å². The van der Waals surface area contributed by atoms with Crippen LogP contribution in [0, 0.1) is 0 Å². The molecule has 94 valence electrons. The fourth-order valence-corrected chi connectivity index (χ4v) is 2.14. The molecule has 0 aliphatic rings. The van der Waals surface area contributed by atoms with E-state index in [0.29, 0.717) is 5.56 Å². The zero-order valence-corrected chi connectivity index (χ0v) is 10.0. The van der Waals surface area contributed by atoms with Crippen molar-refractivity contribution in [1.29, 1.82) is 0 Å². The van der Waals surface area contributed by atoms with Gasteiger partial charge in [-0.05, 0) is 23.8 Å². The van der Waals surface area contributed by atoms with Crippen molar-refractivity contribution in [3.05, 3.63) is 42.2 Å². The van der Waals surface area contributed by atoms with Crippen LogP contribution in [-0.2, 0) is 16.6 Å². The van der Waals surface area contributed by atoms with E-state index in [2.05, 4.69) is 19.9 Å². The van der Waals surface area contributed by atoms with Crippen molar-refractivity contribution < 1.29 is 13.5 Å². The van der Waals surface area contributed by atoms with Crippen molar-refractivity contribution in [3.63, 3.8) is 0 Å². The zero-order valence-electron chi connectivity index (χ0n) is 9.18. The average Bonchev–Trinajstić information content (AvgIpc) is 2.39. The van der Waals surface area contributed by atoms with Crippen molar-refractivity contribution in [1.82, 2.24) is 15.2 Å². The highest BCUT2D eigenvalue weighted by Gasteiger charge is 2.16. The number of nitrogens with one attached hydrogen (secondary N) is 1. The number of aromatic nitrogens is 3. The van der Waals surface area contributed by atoms with Crippen LogP contribution in [0.1, 0.15) is 5.56 Å². The van der Waals surface area contributed by atoms with Gasteiger partial charge in [-0.2, -0.15) is 13.5 Å². The molecule has 2 rings (SSSR count). The molecule has 2 N–H and O–H groups in total. The summed E-state index contributed by atoms with van der Waals surface area (Å²) in [6.07, 6.45) is 2.73. The molecular formula is C10H10N4O3S. The first-order chi connectivity index (χ1) is 8.62. The van der Waals surface area contributed by atoms with Gasteiger partial charge in [-0.1, -0.05) is 6.07 Å². The Hall–Kier alpha value is -2.06. The molecule has 0 spiro atoms. The third-order valence-corrected chi connectivity index (χ3v) is 3.34. The number of aliphatic hydroxyl groups is 1. The molecular weight excluding hydrogens is 256 g/mol. The molecule has 2 heterocycles. The molecule has 0 radical (unpaired) electrons. The molecule has 0 atom stereocenters. The molecule has 8 heteroatoms. The SMILES string of the molecule is O=S(=O)(Nc1cccnn1)c1ccc(CO)cn1. The molecule has 7 nitrogen and oxygen atoms in total.